The van der Waals surface area contributed by atoms with Crippen LogP contribution in [-0.2, 0) is 19.2 Å². The van der Waals surface area contributed by atoms with Crippen LogP contribution in [0, 0.1) is 11.7 Å². The van der Waals surface area contributed by atoms with Gasteiger partial charge in [-0.2, -0.15) is 0 Å². The summed E-state index contributed by atoms with van der Waals surface area (Å²) >= 11 is 0. The van der Waals surface area contributed by atoms with Gasteiger partial charge in [0.2, 0.25) is 11.8 Å². The van der Waals surface area contributed by atoms with Crippen LogP contribution in [0.15, 0.2) is 24.3 Å². The van der Waals surface area contributed by atoms with E-state index in [0.29, 0.717) is 12.3 Å². The van der Waals surface area contributed by atoms with Crippen LogP contribution in [0.25, 0.3) is 0 Å². The van der Waals surface area contributed by atoms with E-state index in [9.17, 15) is 14.0 Å². The van der Waals surface area contributed by atoms with Crippen molar-refractivity contribution in [2.75, 3.05) is 18.1 Å². The summed E-state index contributed by atoms with van der Waals surface area (Å²) in [6.07, 6.45) is 2.43. The molecule has 2 amide bonds. The number of benzene rings is 1. The second kappa shape index (κ2) is 7.06. The number of carbonyl (C=O) groups is 2. The van der Waals surface area contributed by atoms with Crippen molar-refractivity contribution in [3.63, 3.8) is 0 Å². The number of amides is 2. The number of carbonyl (C=O) groups excluding carboxylic acids is 2. The third kappa shape index (κ3) is 3.86. The van der Waals surface area contributed by atoms with Crippen LogP contribution >= 0.6 is 0 Å². The van der Waals surface area contributed by atoms with Crippen LogP contribution in [0.2, 0.25) is 0 Å². The van der Waals surface area contributed by atoms with Crippen molar-refractivity contribution in [1.29, 1.82) is 0 Å². The first-order valence-electron chi connectivity index (χ1n) is 7.76. The maximum atomic E-state index is 13.0. The molecule has 0 aromatic heterocycles. The number of hydrogen-bond acceptors (Lipinski definition) is 4. The molecule has 23 heavy (non-hydrogen) atoms. The maximum absolute atomic E-state index is 13.0. The number of hydroxylamine groups is 1. The minimum atomic E-state index is -0.490. The van der Waals surface area contributed by atoms with E-state index in [4.69, 9.17) is 9.57 Å². The number of halogens is 1. The summed E-state index contributed by atoms with van der Waals surface area (Å²) in [7, 11) is 0. The summed E-state index contributed by atoms with van der Waals surface area (Å²) in [4.78, 5) is 30.9. The van der Waals surface area contributed by atoms with Crippen molar-refractivity contribution in [1.82, 2.24) is 5.48 Å². The first kappa shape index (κ1) is 15.9. The molecule has 2 fully saturated rings. The summed E-state index contributed by atoms with van der Waals surface area (Å²) in [5, 5.41) is 0. The SMILES string of the molecule is O=C(NOC1CCCCO1)C1CC(=O)N(c2ccc(F)cc2)C1. The van der Waals surface area contributed by atoms with E-state index >= 15 is 0 Å². The molecule has 2 heterocycles. The molecule has 3 rings (SSSR count). The quantitative estimate of drug-likeness (QED) is 0.858. The van der Waals surface area contributed by atoms with E-state index in [1.165, 1.54) is 29.2 Å². The summed E-state index contributed by atoms with van der Waals surface area (Å²) < 4.78 is 18.3. The second-order valence-electron chi connectivity index (χ2n) is 5.76. The molecule has 0 spiro atoms. The number of nitrogens with zero attached hydrogens (tertiary/aromatic N) is 1. The minimum Gasteiger partial charge on any atom is -0.350 e. The molecule has 1 aromatic rings. The number of ether oxygens (including phenoxy) is 1. The summed E-state index contributed by atoms with van der Waals surface area (Å²) in [6, 6.07) is 5.64. The Hall–Kier alpha value is -1.99. The van der Waals surface area contributed by atoms with E-state index in [2.05, 4.69) is 5.48 Å². The topological polar surface area (TPSA) is 67.9 Å². The minimum absolute atomic E-state index is 0.109. The number of nitrogens with one attached hydrogen (secondary N) is 1. The molecular formula is C16H19FN2O4. The highest BCUT2D eigenvalue weighted by Gasteiger charge is 2.35. The van der Waals surface area contributed by atoms with Crippen molar-refractivity contribution < 1.29 is 23.6 Å². The van der Waals surface area contributed by atoms with Crippen LogP contribution in [0.3, 0.4) is 0 Å². The van der Waals surface area contributed by atoms with Gasteiger partial charge in [0.05, 0.1) is 5.92 Å². The molecule has 0 radical (unpaired) electrons. The van der Waals surface area contributed by atoms with Gasteiger partial charge < -0.3 is 9.64 Å². The molecule has 0 bridgehead atoms. The molecule has 1 aromatic carbocycles. The van der Waals surface area contributed by atoms with Crippen molar-refractivity contribution in [3.8, 4) is 0 Å². The van der Waals surface area contributed by atoms with Gasteiger partial charge in [-0.1, -0.05) is 0 Å². The molecule has 2 unspecified atom stereocenters. The molecule has 124 valence electrons. The highest BCUT2D eigenvalue weighted by molar-refractivity contribution is 6.00. The zero-order valence-corrected chi connectivity index (χ0v) is 12.7. The molecule has 2 saturated heterocycles. The molecular weight excluding hydrogens is 303 g/mol. The Morgan fingerprint density at radius 3 is 2.78 bits per heavy atom. The molecule has 0 saturated carbocycles. The molecule has 2 atom stereocenters. The normalized spacial score (nSPS) is 24.7. The van der Waals surface area contributed by atoms with Gasteiger partial charge in [0, 0.05) is 31.7 Å². The summed E-state index contributed by atoms with van der Waals surface area (Å²) in [5.74, 6) is -1.35. The van der Waals surface area contributed by atoms with Gasteiger partial charge in [-0.05, 0) is 37.1 Å². The third-order valence-corrected chi connectivity index (χ3v) is 4.06. The largest absolute Gasteiger partial charge is 0.350 e. The summed E-state index contributed by atoms with van der Waals surface area (Å²) in [5.41, 5.74) is 2.98. The highest BCUT2D eigenvalue weighted by atomic mass is 19.1. The molecule has 2 aliphatic heterocycles. The van der Waals surface area contributed by atoms with Crippen LogP contribution in [-0.4, -0.2) is 31.3 Å². The average molecular weight is 322 g/mol. The van der Waals surface area contributed by atoms with Gasteiger partial charge in [-0.25, -0.2) is 14.7 Å². The molecule has 2 aliphatic rings. The van der Waals surface area contributed by atoms with E-state index in [1.54, 1.807) is 0 Å². The third-order valence-electron chi connectivity index (χ3n) is 4.06. The van der Waals surface area contributed by atoms with E-state index in [-0.39, 0.29) is 30.6 Å². The number of hydrogen-bond donors (Lipinski definition) is 1. The monoisotopic (exact) mass is 322 g/mol. The zero-order valence-electron chi connectivity index (χ0n) is 12.7. The molecule has 7 heteroatoms. The van der Waals surface area contributed by atoms with Crippen LogP contribution < -0.4 is 10.4 Å². The lowest BCUT2D eigenvalue weighted by Crippen LogP contribution is -2.37. The fourth-order valence-electron chi connectivity index (χ4n) is 2.77. The van der Waals surface area contributed by atoms with Crippen LogP contribution in [0.5, 0.6) is 0 Å². The van der Waals surface area contributed by atoms with Crippen LogP contribution in [0.1, 0.15) is 25.7 Å². The smallest absolute Gasteiger partial charge is 0.249 e. The Morgan fingerprint density at radius 2 is 2.09 bits per heavy atom. The van der Waals surface area contributed by atoms with E-state index < -0.39 is 12.2 Å². The van der Waals surface area contributed by atoms with Gasteiger partial charge in [0.25, 0.3) is 0 Å². The fourth-order valence-corrected chi connectivity index (χ4v) is 2.77. The second-order valence-corrected chi connectivity index (χ2v) is 5.76. The zero-order chi connectivity index (χ0) is 16.2. The van der Waals surface area contributed by atoms with Gasteiger partial charge in [0.15, 0.2) is 6.29 Å². The lowest BCUT2D eigenvalue weighted by atomic mass is 10.1. The molecule has 1 N–H and O–H groups in total. The molecule has 6 nitrogen and oxygen atoms in total. The average Bonchev–Trinajstić information content (AvgIpc) is 2.96. The van der Waals surface area contributed by atoms with E-state index in [0.717, 1.165) is 19.3 Å². The number of rotatable bonds is 4. The lowest BCUT2D eigenvalue weighted by molar-refractivity contribution is -0.201. The first-order valence-corrected chi connectivity index (χ1v) is 7.76. The molecule has 0 aliphatic carbocycles. The van der Waals surface area contributed by atoms with Gasteiger partial charge in [-0.3, -0.25) is 9.59 Å². The Kier molecular flexibility index (Phi) is 4.88. The first-order chi connectivity index (χ1) is 11.1. The number of anilines is 1. The maximum Gasteiger partial charge on any atom is 0.249 e. The van der Waals surface area contributed by atoms with E-state index in [1.807, 2.05) is 0 Å². The van der Waals surface area contributed by atoms with Gasteiger partial charge >= 0.3 is 0 Å². The predicted octanol–water partition coefficient (Wildman–Crippen LogP) is 1.75. The van der Waals surface area contributed by atoms with Gasteiger partial charge in [-0.15, -0.1) is 0 Å². The Bertz CT molecular complexity index is 572. The highest BCUT2D eigenvalue weighted by Crippen LogP contribution is 2.25. The Morgan fingerprint density at radius 1 is 1.30 bits per heavy atom. The van der Waals surface area contributed by atoms with Gasteiger partial charge in [0.1, 0.15) is 5.82 Å². The van der Waals surface area contributed by atoms with Crippen molar-refractivity contribution in [2.45, 2.75) is 32.0 Å². The lowest BCUT2D eigenvalue weighted by Gasteiger charge is -2.23. The van der Waals surface area contributed by atoms with Crippen molar-refractivity contribution in [3.05, 3.63) is 30.1 Å². The Labute approximate surface area is 133 Å². The standard InChI is InChI=1S/C16H19FN2O4/c17-12-4-6-13(7-5-12)19-10-11(9-14(19)20)16(21)18-23-15-3-1-2-8-22-15/h4-7,11,15H,1-3,8-10H2,(H,18,21). The summed E-state index contributed by atoms with van der Waals surface area (Å²) in [6.45, 7) is 0.881. The van der Waals surface area contributed by atoms with Crippen molar-refractivity contribution in [2.24, 2.45) is 5.92 Å². The predicted molar refractivity (Wildman–Crippen MR) is 79.7 cm³/mol. The van der Waals surface area contributed by atoms with Crippen LogP contribution in [0.4, 0.5) is 10.1 Å². The van der Waals surface area contributed by atoms with Crippen molar-refractivity contribution >= 4 is 17.5 Å². The Balaban J connectivity index is 1.54. The fraction of sp³-hybridized carbons (Fsp3) is 0.500.